The lowest BCUT2D eigenvalue weighted by atomic mass is 10.2. The second-order valence-electron chi connectivity index (χ2n) is 4.11. The molecule has 0 saturated carbocycles. The number of nitrogens with zero attached hydrogens (tertiary/aromatic N) is 4. The van der Waals surface area contributed by atoms with Gasteiger partial charge in [-0.25, -0.2) is 9.59 Å². The molecule has 22 heavy (non-hydrogen) atoms. The SMILES string of the molecule is N#CC(=CNc1ccc2[nH]c(=O)oc(=O)c2c1)c1nn[nH]n1. The maximum Gasteiger partial charge on any atom is 0.419 e. The highest BCUT2D eigenvalue weighted by atomic mass is 16.4. The zero-order valence-electron chi connectivity index (χ0n) is 10.8. The molecular formula is C12H7N7O3. The molecule has 0 fully saturated rings. The van der Waals surface area contributed by atoms with Crippen LogP contribution in [0.2, 0.25) is 0 Å². The van der Waals surface area contributed by atoms with Crippen LogP contribution < -0.4 is 16.7 Å². The second-order valence-corrected chi connectivity index (χ2v) is 4.11. The number of allylic oxidation sites excluding steroid dienone is 1. The predicted octanol–water partition coefficient (Wildman–Crippen LogP) is -0.0290. The third kappa shape index (κ3) is 2.46. The molecule has 10 nitrogen and oxygen atoms in total. The monoisotopic (exact) mass is 297 g/mol. The van der Waals surface area contributed by atoms with Crippen LogP contribution in [0.3, 0.4) is 0 Å². The first-order valence-electron chi connectivity index (χ1n) is 5.95. The molecule has 0 aliphatic carbocycles. The maximum absolute atomic E-state index is 11.6. The number of tetrazole rings is 1. The third-order valence-corrected chi connectivity index (χ3v) is 2.75. The molecule has 3 N–H and O–H groups in total. The average Bonchev–Trinajstić information content (AvgIpc) is 3.02. The fourth-order valence-electron chi connectivity index (χ4n) is 1.76. The third-order valence-electron chi connectivity index (χ3n) is 2.75. The summed E-state index contributed by atoms with van der Waals surface area (Å²) in [6.45, 7) is 0. The van der Waals surface area contributed by atoms with Gasteiger partial charge in [0.1, 0.15) is 11.6 Å². The first kappa shape index (κ1) is 13.3. The fourth-order valence-corrected chi connectivity index (χ4v) is 1.76. The van der Waals surface area contributed by atoms with Crippen molar-refractivity contribution in [1.82, 2.24) is 25.6 Å². The van der Waals surface area contributed by atoms with Crippen LogP contribution >= 0.6 is 0 Å². The van der Waals surface area contributed by atoms with Crippen molar-refractivity contribution in [3.05, 3.63) is 51.2 Å². The van der Waals surface area contributed by atoms with Gasteiger partial charge in [-0.3, -0.25) is 4.98 Å². The molecule has 0 aliphatic heterocycles. The van der Waals surface area contributed by atoms with Crippen molar-refractivity contribution in [2.45, 2.75) is 0 Å². The van der Waals surface area contributed by atoms with Crippen LogP contribution in [-0.2, 0) is 0 Å². The molecule has 0 radical (unpaired) electrons. The number of hydrogen-bond acceptors (Lipinski definition) is 8. The molecule has 0 amide bonds. The Kier molecular flexibility index (Phi) is 3.21. The molecule has 3 aromatic rings. The van der Waals surface area contributed by atoms with Gasteiger partial charge in [-0.2, -0.15) is 10.5 Å². The number of H-pyrrole nitrogens is 2. The molecular weight excluding hydrogens is 290 g/mol. The summed E-state index contributed by atoms with van der Waals surface area (Å²) in [6, 6.07) is 6.57. The van der Waals surface area contributed by atoms with Crippen molar-refractivity contribution in [3.63, 3.8) is 0 Å². The number of benzene rings is 1. The summed E-state index contributed by atoms with van der Waals surface area (Å²) in [5.74, 6) is -0.679. The number of anilines is 1. The molecule has 1 aromatic carbocycles. The van der Waals surface area contributed by atoms with E-state index in [4.69, 9.17) is 5.26 Å². The van der Waals surface area contributed by atoms with Gasteiger partial charge < -0.3 is 9.73 Å². The van der Waals surface area contributed by atoms with Crippen LogP contribution in [0.1, 0.15) is 5.82 Å². The Morgan fingerprint density at radius 3 is 3.00 bits per heavy atom. The average molecular weight is 297 g/mol. The van der Waals surface area contributed by atoms with E-state index in [1.165, 1.54) is 12.3 Å². The summed E-state index contributed by atoms with van der Waals surface area (Å²) in [5, 5.41) is 25.1. The molecule has 0 aliphatic rings. The molecule has 0 spiro atoms. The van der Waals surface area contributed by atoms with Gasteiger partial charge in [0, 0.05) is 11.9 Å². The van der Waals surface area contributed by atoms with Crippen LogP contribution in [0.5, 0.6) is 0 Å². The lowest BCUT2D eigenvalue weighted by Gasteiger charge is -2.02. The number of hydrogen-bond donors (Lipinski definition) is 3. The van der Waals surface area contributed by atoms with E-state index in [-0.39, 0.29) is 16.8 Å². The summed E-state index contributed by atoms with van der Waals surface area (Å²) < 4.78 is 4.46. The van der Waals surface area contributed by atoms with Gasteiger partial charge >= 0.3 is 11.4 Å². The molecule has 0 unspecified atom stereocenters. The minimum atomic E-state index is -0.818. The van der Waals surface area contributed by atoms with Gasteiger partial charge in [-0.05, 0) is 23.4 Å². The Labute approximate surface area is 121 Å². The number of aromatic amines is 2. The topological polar surface area (TPSA) is 153 Å². The minimum absolute atomic E-state index is 0.139. The highest BCUT2D eigenvalue weighted by Crippen LogP contribution is 2.15. The van der Waals surface area contributed by atoms with Crippen molar-refractivity contribution in [3.8, 4) is 6.07 Å². The Morgan fingerprint density at radius 1 is 1.41 bits per heavy atom. The first-order valence-corrected chi connectivity index (χ1v) is 5.95. The largest absolute Gasteiger partial charge is 0.419 e. The molecule has 2 heterocycles. The number of rotatable bonds is 3. The number of aromatic nitrogens is 5. The first-order chi connectivity index (χ1) is 10.7. The lowest BCUT2D eigenvalue weighted by molar-refractivity contribution is 0.460. The van der Waals surface area contributed by atoms with Gasteiger partial charge in [0.2, 0.25) is 5.82 Å². The minimum Gasteiger partial charge on any atom is -0.372 e. The second kappa shape index (κ2) is 5.33. The zero-order chi connectivity index (χ0) is 15.5. The smallest absolute Gasteiger partial charge is 0.372 e. The standard InChI is InChI=1S/C12H7N7O3/c13-4-6(10-16-18-19-17-10)5-14-7-1-2-9-8(3-7)11(20)22-12(21)15-9/h1-3,5,14H,(H,15,21)(H,16,17,18,19). The van der Waals surface area contributed by atoms with E-state index in [1.54, 1.807) is 12.1 Å². The van der Waals surface area contributed by atoms with Crippen LogP contribution in [0, 0.1) is 11.3 Å². The van der Waals surface area contributed by atoms with E-state index in [0.717, 1.165) is 0 Å². The summed E-state index contributed by atoms with van der Waals surface area (Å²) in [4.78, 5) is 25.1. The van der Waals surface area contributed by atoms with E-state index >= 15 is 0 Å². The van der Waals surface area contributed by atoms with Crippen molar-refractivity contribution in [2.75, 3.05) is 5.32 Å². The molecule has 0 bridgehead atoms. The Bertz CT molecular complexity index is 1010. The van der Waals surface area contributed by atoms with Gasteiger partial charge in [0.15, 0.2) is 0 Å². The van der Waals surface area contributed by atoms with Crippen molar-refractivity contribution < 1.29 is 4.42 Å². The van der Waals surface area contributed by atoms with Crippen LogP contribution in [-0.4, -0.2) is 25.6 Å². The number of nitriles is 1. The van der Waals surface area contributed by atoms with Crippen molar-refractivity contribution in [1.29, 1.82) is 5.26 Å². The number of fused-ring (bicyclic) bond motifs is 1. The normalized spacial score (nSPS) is 11.3. The van der Waals surface area contributed by atoms with Crippen LogP contribution in [0.15, 0.2) is 38.4 Å². The highest BCUT2D eigenvalue weighted by molar-refractivity contribution is 5.82. The fraction of sp³-hybridized carbons (Fsp3) is 0. The quantitative estimate of drug-likeness (QED) is 0.569. The lowest BCUT2D eigenvalue weighted by Crippen LogP contribution is -2.14. The van der Waals surface area contributed by atoms with E-state index in [0.29, 0.717) is 11.2 Å². The van der Waals surface area contributed by atoms with Gasteiger partial charge in [0.25, 0.3) is 0 Å². The van der Waals surface area contributed by atoms with E-state index < -0.39 is 11.4 Å². The zero-order valence-corrected chi connectivity index (χ0v) is 10.8. The Balaban J connectivity index is 1.97. The van der Waals surface area contributed by atoms with Gasteiger partial charge in [-0.15, -0.1) is 10.2 Å². The summed E-state index contributed by atoms with van der Waals surface area (Å²) in [6.07, 6.45) is 1.37. The predicted molar refractivity (Wildman–Crippen MR) is 74.5 cm³/mol. The van der Waals surface area contributed by atoms with E-state index in [9.17, 15) is 9.59 Å². The molecule has 2 aromatic heterocycles. The molecule has 0 saturated heterocycles. The Morgan fingerprint density at radius 2 is 2.27 bits per heavy atom. The molecule has 108 valence electrons. The summed E-state index contributed by atoms with van der Waals surface area (Å²) in [7, 11) is 0. The molecule has 10 heteroatoms. The van der Waals surface area contributed by atoms with E-state index in [2.05, 4.69) is 35.3 Å². The van der Waals surface area contributed by atoms with Crippen molar-refractivity contribution >= 4 is 22.2 Å². The Hall–Kier alpha value is -3.74. The highest BCUT2D eigenvalue weighted by Gasteiger charge is 2.06. The van der Waals surface area contributed by atoms with Gasteiger partial charge in [-0.1, -0.05) is 0 Å². The molecule has 0 atom stereocenters. The number of nitrogens with one attached hydrogen (secondary N) is 3. The van der Waals surface area contributed by atoms with E-state index in [1.807, 2.05) is 6.07 Å². The van der Waals surface area contributed by atoms with Gasteiger partial charge in [0.05, 0.1) is 10.9 Å². The van der Waals surface area contributed by atoms with Crippen LogP contribution in [0.25, 0.3) is 16.5 Å². The van der Waals surface area contributed by atoms with Crippen molar-refractivity contribution in [2.24, 2.45) is 0 Å². The summed E-state index contributed by atoms with van der Waals surface area (Å²) in [5.41, 5.74) is 0.282. The maximum atomic E-state index is 11.6. The molecule has 3 rings (SSSR count). The summed E-state index contributed by atoms with van der Waals surface area (Å²) >= 11 is 0. The van der Waals surface area contributed by atoms with Crippen LogP contribution in [0.4, 0.5) is 5.69 Å².